The first kappa shape index (κ1) is 21.7. The number of ether oxygens (including phenoxy) is 1. The van der Waals surface area contributed by atoms with Gasteiger partial charge in [-0.2, -0.15) is 0 Å². The summed E-state index contributed by atoms with van der Waals surface area (Å²) in [6.07, 6.45) is 2.21. The van der Waals surface area contributed by atoms with Gasteiger partial charge in [0, 0.05) is 6.04 Å². The van der Waals surface area contributed by atoms with Crippen molar-refractivity contribution in [2.24, 2.45) is 0 Å². The molecular formula is C25H24N4O2S2. The molecule has 0 aliphatic heterocycles. The van der Waals surface area contributed by atoms with E-state index in [4.69, 9.17) is 4.74 Å². The van der Waals surface area contributed by atoms with Crippen molar-refractivity contribution >= 4 is 34.7 Å². The number of nitrogens with one attached hydrogen (secondary N) is 1. The molecule has 4 aromatic rings. The Morgan fingerprint density at radius 3 is 2.64 bits per heavy atom. The second-order valence-electron chi connectivity index (χ2n) is 7.71. The van der Waals surface area contributed by atoms with Crippen molar-refractivity contribution in [3.8, 4) is 16.5 Å². The van der Waals surface area contributed by atoms with Gasteiger partial charge in [0.1, 0.15) is 11.0 Å². The first-order valence-electron chi connectivity index (χ1n) is 11.0. The average Bonchev–Trinajstić information content (AvgIpc) is 3.36. The van der Waals surface area contributed by atoms with E-state index in [-0.39, 0.29) is 5.91 Å². The Balaban J connectivity index is 1.47. The summed E-state index contributed by atoms with van der Waals surface area (Å²) in [7, 11) is 0. The Bertz CT molecular complexity index is 1220. The Labute approximate surface area is 201 Å². The maximum absolute atomic E-state index is 13.6. The second-order valence-corrected chi connectivity index (χ2v) is 9.73. The molecule has 1 aliphatic rings. The molecule has 33 heavy (non-hydrogen) atoms. The smallest absolute Gasteiger partial charge is 0.242 e. The molecular weight excluding hydrogens is 452 g/mol. The third kappa shape index (κ3) is 4.82. The first-order chi connectivity index (χ1) is 16.2. The number of anilines is 1. The normalized spacial score (nSPS) is 14.1. The molecule has 8 heteroatoms. The third-order valence-corrected chi connectivity index (χ3v) is 7.40. The van der Waals surface area contributed by atoms with Gasteiger partial charge >= 0.3 is 0 Å². The zero-order valence-electron chi connectivity index (χ0n) is 18.2. The Morgan fingerprint density at radius 1 is 1.12 bits per heavy atom. The average molecular weight is 477 g/mol. The van der Waals surface area contributed by atoms with Gasteiger partial charge in [0.2, 0.25) is 5.91 Å². The van der Waals surface area contributed by atoms with Gasteiger partial charge in [-0.05, 0) is 48.9 Å². The zero-order valence-corrected chi connectivity index (χ0v) is 19.8. The van der Waals surface area contributed by atoms with Crippen molar-refractivity contribution in [1.29, 1.82) is 0 Å². The molecule has 0 spiro atoms. The van der Waals surface area contributed by atoms with E-state index < -0.39 is 5.25 Å². The second kappa shape index (κ2) is 9.80. The fraction of sp³-hybridized carbons (Fsp3) is 0.240. The number of nitrogens with zero attached hydrogens (tertiary/aromatic N) is 3. The summed E-state index contributed by atoms with van der Waals surface area (Å²) >= 11 is 3.10. The van der Waals surface area contributed by atoms with Crippen molar-refractivity contribution in [1.82, 2.24) is 14.8 Å². The van der Waals surface area contributed by atoms with Crippen molar-refractivity contribution in [3.05, 3.63) is 77.7 Å². The molecule has 1 fully saturated rings. The minimum atomic E-state index is -0.487. The predicted molar refractivity (Wildman–Crippen MR) is 133 cm³/mol. The molecule has 2 heterocycles. The van der Waals surface area contributed by atoms with Gasteiger partial charge in [-0.15, -0.1) is 21.5 Å². The highest BCUT2D eigenvalue weighted by Crippen LogP contribution is 2.45. The number of rotatable bonds is 9. The van der Waals surface area contributed by atoms with Crippen LogP contribution in [0.15, 0.2) is 77.3 Å². The SMILES string of the molecule is CCOc1ccccc1NC(=O)C(Sc1nnc(-c2cccs2)n1C1CC1)c1ccccc1. The third-order valence-electron chi connectivity index (χ3n) is 5.33. The number of amides is 1. The monoisotopic (exact) mass is 476 g/mol. The number of para-hydroxylation sites is 2. The molecule has 1 saturated carbocycles. The van der Waals surface area contributed by atoms with Crippen LogP contribution in [-0.4, -0.2) is 27.3 Å². The Morgan fingerprint density at radius 2 is 1.91 bits per heavy atom. The fourth-order valence-electron chi connectivity index (χ4n) is 3.65. The zero-order chi connectivity index (χ0) is 22.6. The van der Waals surface area contributed by atoms with E-state index in [1.54, 1.807) is 11.3 Å². The highest BCUT2D eigenvalue weighted by molar-refractivity contribution is 8.00. The van der Waals surface area contributed by atoms with Crippen molar-refractivity contribution in [2.45, 2.75) is 36.2 Å². The van der Waals surface area contributed by atoms with E-state index in [0.717, 1.165) is 34.3 Å². The number of benzene rings is 2. The summed E-state index contributed by atoms with van der Waals surface area (Å²) in [5, 5.41) is 14.4. The number of aromatic nitrogens is 3. The van der Waals surface area contributed by atoms with Gasteiger partial charge in [-0.25, -0.2) is 0 Å². The molecule has 0 radical (unpaired) electrons. The number of thioether (sulfide) groups is 1. The predicted octanol–water partition coefficient (Wildman–Crippen LogP) is 6.21. The van der Waals surface area contributed by atoms with Crippen LogP contribution in [0.4, 0.5) is 5.69 Å². The van der Waals surface area contributed by atoms with Crippen molar-refractivity contribution in [3.63, 3.8) is 0 Å². The molecule has 2 aromatic carbocycles. The summed E-state index contributed by atoms with van der Waals surface area (Å²) in [4.78, 5) is 14.7. The molecule has 1 amide bonds. The lowest BCUT2D eigenvalue weighted by atomic mass is 10.1. The lowest BCUT2D eigenvalue weighted by Crippen LogP contribution is -2.20. The number of hydrogen-bond acceptors (Lipinski definition) is 6. The van der Waals surface area contributed by atoms with Gasteiger partial charge < -0.3 is 10.1 Å². The van der Waals surface area contributed by atoms with Crippen LogP contribution in [0.3, 0.4) is 0 Å². The quantitative estimate of drug-likeness (QED) is 0.291. The van der Waals surface area contributed by atoms with Crippen LogP contribution in [-0.2, 0) is 4.79 Å². The summed E-state index contributed by atoms with van der Waals surface area (Å²) < 4.78 is 7.90. The van der Waals surface area contributed by atoms with Gasteiger partial charge in [0.05, 0.1) is 17.2 Å². The first-order valence-corrected chi connectivity index (χ1v) is 12.7. The fourth-order valence-corrected chi connectivity index (χ4v) is 5.46. The summed E-state index contributed by atoms with van der Waals surface area (Å²) in [5.74, 6) is 1.41. The van der Waals surface area contributed by atoms with E-state index in [9.17, 15) is 4.79 Å². The molecule has 5 rings (SSSR count). The van der Waals surface area contributed by atoms with Gasteiger partial charge in [-0.3, -0.25) is 9.36 Å². The molecule has 0 saturated heterocycles. The van der Waals surface area contributed by atoms with Crippen LogP contribution < -0.4 is 10.1 Å². The topological polar surface area (TPSA) is 69.0 Å². The molecule has 1 unspecified atom stereocenters. The molecule has 1 N–H and O–H groups in total. The van der Waals surface area contributed by atoms with E-state index in [1.807, 2.05) is 73.0 Å². The molecule has 168 valence electrons. The minimum absolute atomic E-state index is 0.124. The van der Waals surface area contributed by atoms with Crippen LogP contribution in [0, 0.1) is 0 Å². The van der Waals surface area contributed by atoms with E-state index in [1.165, 1.54) is 11.8 Å². The standard InChI is InChI=1S/C25H24N4O2S2/c1-2-31-20-12-7-6-11-19(20)26-24(30)22(17-9-4-3-5-10-17)33-25-28-27-23(21-13-8-16-32-21)29(25)18-14-15-18/h3-13,16,18,22H,2,14-15H2,1H3,(H,26,30). The van der Waals surface area contributed by atoms with E-state index in [2.05, 4.69) is 26.1 Å². The summed E-state index contributed by atoms with van der Waals surface area (Å²) in [6.45, 7) is 2.46. The molecule has 1 aliphatic carbocycles. The van der Waals surface area contributed by atoms with E-state index >= 15 is 0 Å². The minimum Gasteiger partial charge on any atom is -0.492 e. The van der Waals surface area contributed by atoms with Crippen molar-refractivity contribution in [2.75, 3.05) is 11.9 Å². The summed E-state index contributed by atoms with van der Waals surface area (Å²) in [5.41, 5.74) is 1.57. The van der Waals surface area contributed by atoms with E-state index in [0.29, 0.717) is 24.1 Å². The highest BCUT2D eigenvalue weighted by atomic mass is 32.2. The number of thiophene rings is 1. The van der Waals surface area contributed by atoms with Gasteiger partial charge in [0.25, 0.3) is 0 Å². The molecule has 1 atom stereocenters. The Kier molecular flexibility index (Phi) is 6.46. The lowest BCUT2D eigenvalue weighted by molar-refractivity contribution is -0.115. The van der Waals surface area contributed by atoms with Crippen LogP contribution in [0.25, 0.3) is 10.7 Å². The van der Waals surface area contributed by atoms with Crippen LogP contribution in [0.2, 0.25) is 0 Å². The molecule has 2 aromatic heterocycles. The Hall–Kier alpha value is -3.10. The largest absolute Gasteiger partial charge is 0.492 e. The van der Waals surface area contributed by atoms with Gasteiger partial charge in [0.15, 0.2) is 11.0 Å². The number of carbonyl (C=O) groups excluding carboxylic acids is 1. The van der Waals surface area contributed by atoms with Crippen LogP contribution in [0.5, 0.6) is 5.75 Å². The maximum Gasteiger partial charge on any atom is 0.242 e. The maximum atomic E-state index is 13.6. The van der Waals surface area contributed by atoms with Crippen LogP contribution in [0.1, 0.15) is 36.6 Å². The number of hydrogen-bond donors (Lipinski definition) is 1. The summed E-state index contributed by atoms with van der Waals surface area (Å²) in [6, 6.07) is 21.8. The molecule has 0 bridgehead atoms. The highest BCUT2D eigenvalue weighted by Gasteiger charge is 2.33. The van der Waals surface area contributed by atoms with Crippen LogP contribution >= 0.6 is 23.1 Å². The van der Waals surface area contributed by atoms with Crippen molar-refractivity contribution < 1.29 is 9.53 Å². The number of carbonyl (C=O) groups is 1. The lowest BCUT2D eigenvalue weighted by Gasteiger charge is -2.18. The van der Waals surface area contributed by atoms with Gasteiger partial charge in [-0.1, -0.05) is 60.3 Å². The molecule has 6 nitrogen and oxygen atoms in total.